The third kappa shape index (κ3) is 44.8. The summed E-state index contributed by atoms with van der Waals surface area (Å²) in [5.41, 5.74) is 5.37. The number of hydrogen-bond donors (Lipinski definition) is 3. The number of ether oxygens (including phenoxy) is 2. The molecule has 0 spiro atoms. The van der Waals surface area contributed by atoms with Gasteiger partial charge in [-0.3, -0.25) is 18.6 Å². The van der Waals surface area contributed by atoms with Gasteiger partial charge in [-0.2, -0.15) is 0 Å². The number of esters is 1. The molecule has 0 saturated carbocycles. The average molecular weight is 862 g/mol. The lowest BCUT2D eigenvalue weighted by molar-refractivity contribution is -0.154. The average Bonchev–Trinajstić information content (AvgIpc) is 3.21. The first-order valence-corrected chi connectivity index (χ1v) is 26.6. The van der Waals surface area contributed by atoms with Gasteiger partial charge in [0.15, 0.2) is 0 Å². The van der Waals surface area contributed by atoms with Crippen LogP contribution in [-0.2, 0) is 32.7 Å². The zero-order valence-corrected chi connectivity index (χ0v) is 39.5. The molecule has 0 rings (SSSR count). The molecular weight excluding hydrogens is 766 g/mol. The van der Waals surface area contributed by atoms with Crippen molar-refractivity contribution < 1.29 is 42.7 Å². The van der Waals surface area contributed by atoms with Crippen molar-refractivity contribution >= 4 is 19.8 Å². The zero-order valence-electron chi connectivity index (χ0n) is 38.6. The van der Waals surface area contributed by atoms with Crippen LogP contribution in [0.15, 0.2) is 0 Å². The Hall–Kier alpha value is -1.03. The molecule has 0 radical (unpaired) electrons. The number of carbonyl (C=O) groups excluding carboxylic acids is 1. The van der Waals surface area contributed by atoms with Crippen molar-refractivity contribution in [1.29, 1.82) is 0 Å². The van der Waals surface area contributed by atoms with Crippen LogP contribution in [0.1, 0.15) is 258 Å². The quantitative estimate of drug-likeness (QED) is 0.0306. The van der Waals surface area contributed by atoms with Crippen LogP contribution < -0.4 is 5.73 Å². The van der Waals surface area contributed by atoms with Gasteiger partial charge in [-0.15, -0.1) is 0 Å². The molecule has 3 unspecified atom stereocenters. The first-order chi connectivity index (χ1) is 28.7. The van der Waals surface area contributed by atoms with E-state index in [2.05, 4.69) is 13.8 Å². The molecule has 0 aromatic heterocycles. The third-order valence-corrected chi connectivity index (χ3v) is 12.3. The van der Waals surface area contributed by atoms with Gasteiger partial charge in [-0.05, 0) is 12.8 Å². The van der Waals surface area contributed by atoms with Crippen molar-refractivity contribution in [3.05, 3.63) is 0 Å². The zero-order chi connectivity index (χ0) is 43.3. The number of hydrogen-bond acceptors (Lipinski definition) is 8. The van der Waals surface area contributed by atoms with Crippen LogP contribution in [0.25, 0.3) is 0 Å². The molecule has 0 bridgehead atoms. The fraction of sp³-hybridized carbons (Fsp3) is 0.958. The maximum absolute atomic E-state index is 12.7. The summed E-state index contributed by atoms with van der Waals surface area (Å²) in [4.78, 5) is 33.6. The van der Waals surface area contributed by atoms with Crippen LogP contribution in [0, 0.1) is 0 Å². The van der Waals surface area contributed by atoms with E-state index in [4.69, 9.17) is 29.4 Å². The Morgan fingerprint density at radius 3 is 1.12 bits per heavy atom. The molecule has 0 aliphatic carbocycles. The second-order valence-corrected chi connectivity index (χ2v) is 18.8. The molecule has 0 fully saturated rings. The van der Waals surface area contributed by atoms with Crippen LogP contribution in [0.3, 0.4) is 0 Å². The number of unbranched alkanes of at least 4 members (excludes halogenated alkanes) is 35. The first-order valence-electron chi connectivity index (χ1n) is 25.1. The lowest BCUT2D eigenvalue weighted by Crippen LogP contribution is -2.34. The summed E-state index contributed by atoms with van der Waals surface area (Å²) in [5, 5.41) is 8.92. The van der Waals surface area contributed by atoms with Gasteiger partial charge in [-0.1, -0.05) is 239 Å². The summed E-state index contributed by atoms with van der Waals surface area (Å²) in [5.74, 6) is -1.76. The van der Waals surface area contributed by atoms with Crippen LogP contribution in [0.2, 0.25) is 0 Å². The number of phosphoric acid groups is 1. The summed E-state index contributed by atoms with van der Waals surface area (Å²) >= 11 is 0. The fourth-order valence-corrected chi connectivity index (χ4v) is 8.27. The van der Waals surface area contributed by atoms with Gasteiger partial charge >= 0.3 is 19.8 Å². The van der Waals surface area contributed by atoms with Crippen LogP contribution in [-0.4, -0.2) is 60.5 Å². The monoisotopic (exact) mass is 862 g/mol. The minimum absolute atomic E-state index is 0.0263. The van der Waals surface area contributed by atoms with Gasteiger partial charge in [0.05, 0.1) is 19.8 Å². The van der Waals surface area contributed by atoms with Crippen LogP contribution in [0.4, 0.5) is 0 Å². The molecule has 11 heteroatoms. The topological polar surface area (TPSA) is 155 Å². The van der Waals surface area contributed by atoms with Crippen LogP contribution in [0.5, 0.6) is 0 Å². The Labute approximate surface area is 363 Å². The SMILES string of the molecule is CCCCCCCCCCCCCCCCCCCCCCC(=O)OC(COCCCCCCCCCCCCCCCCCCC)COP(=O)(O)OCC(N)C(=O)O. The Bertz CT molecular complexity index is 955. The van der Waals surface area contributed by atoms with E-state index in [9.17, 15) is 19.0 Å². The van der Waals surface area contributed by atoms with E-state index >= 15 is 0 Å². The van der Waals surface area contributed by atoms with E-state index in [1.165, 1.54) is 199 Å². The normalized spacial score (nSPS) is 13.7. The largest absolute Gasteiger partial charge is 0.480 e. The predicted molar refractivity (Wildman–Crippen MR) is 245 cm³/mol. The highest BCUT2D eigenvalue weighted by Crippen LogP contribution is 2.43. The summed E-state index contributed by atoms with van der Waals surface area (Å²) in [6.45, 7) is 3.96. The molecule has 3 atom stereocenters. The second kappa shape index (κ2) is 45.0. The van der Waals surface area contributed by atoms with Gasteiger partial charge in [-0.25, -0.2) is 4.57 Å². The number of carboxylic acid groups (broad SMARTS) is 1. The molecule has 0 amide bonds. The Balaban J connectivity index is 4.09. The standard InChI is InChI=1S/C48H96NO9P/c1-3-5-7-9-11-13-15-17-19-21-22-23-24-26-28-30-32-34-36-38-40-47(50)58-45(43-56-59(53,54)57-44-46(49)48(51)52)42-55-41-39-37-35-33-31-29-27-25-20-18-16-14-12-10-8-6-4-2/h45-46H,3-44,49H2,1-2H3,(H,51,52)(H,53,54). The van der Waals surface area contributed by atoms with E-state index in [-0.39, 0.29) is 13.0 Å². The molecular formula is C48H96NO9P. The van der Waals surface area contributed by atoms with Crippen molar-refractivity contribution in [2.24, 2.45) is 5.73 Å². The smallest absolute Gasteiger partial charge is 0.472 e. The Morgan fingerprint density at radius 2 is 0.780 bits per heavy atom. The summed E-state index contributed by atoms with van der Waals surface area (Å²) in [6, 6.07) is -1.47. The van der Waals surface area contributed by atoms with Crippen LogP contribution >= 0.6 is 7.82 Å². The molecule has 0 aromatic rings. The molecule has 10 nitrogen and oxygen atoms in total. The summed E-state index contributed by atoms with van der Waals surface area (Å²) < 4.78 is 33.5. The maximum Gasteiger partial charge on any atom is 0.472 e. The molecule has 0 saturated heterocycles. The second-order valence-electron chi connectivity index (χ2n) is 17.3. The van der Waals surface area contributed by atoms with E-state index < -0.39 is 45.1 Å². The van der Waals surface area contributed by atoms with E-state index in [0.717, 1.165) is 38.5 Å². The number of carbonyl (C=O) groups is 2. The van der Waals surface area contributed by atoms with Crippen molar-refractivity contribution in [3.8, 4) is 0 Å². The maximum atomic E-state index is 12.7. The van der Waals surface area contributed by atoms with Crippen molar-refractivity contribution in [1.82, 2.24) is 0 Å². The van der Waals surface area contributed by atoms with E-state index in [0.29, 0.717) is 6.61 Å². The predicted octanol–water partition coefficient (Wildman–Crippen LogP) is 14.3. The van der Waals surface area contributed by atoms with Gasteiger partial charge in [0.1, 0.15) is 12.1 Å². The number of nitrogens with two attached hydrogens (primary N) is 1. The van der Waals surface area contributed by atoms with Gasteiger partial charge in [0.25, 0.3) is 0 Å². The highest BCUT2D eigenvalue weighted by Gasteiger charge is 2.27. The molecule has 352 valence electrons. The lowest BCUT2D eigenvalue weighted by atomic mass is 10.0. The number of phosphoric ester groups is 1. The molecule has 0 aromatic carbocycles. The number of aliphatic carboxylic acids is 1. The van der Waals surface area contributed by atoms with Gasteiger partial charge in [0.2, 0.25) is 0 Å². The minimum atomic E-state index is -4.61. The van der Waals surface area contributed by atoms with Crippen molar-refractivity contribution in [2.45, 2.75) is 270 Å². The molecule has 59 heavy (non-hydrogen) atoms. The van der Waals surface area contributed by atoms with E-state index in [1.807, 2.05) is 0 Å². The number of carboxylic acids is 1. The fourth-order valence-electron chi connectivity index (χ4n) is 7.49. The third-order valence-electron chi connectivity index (χ3n) is 11.4. The first kappa shape index (κ1) is 58.0. The van der Waals surface area contributed by atoms with E-state index in [1.54, 1.807) is 0 Å². The Kier molecular flexibility index (Phi) is 44.2. The molecule has 4 N–H and O–H groups in total. The highest BCUT2D eigenvalue weighted by atomic mass is 31.2. The number of rotatable bonds is 49. The molecule has 0 aliphatic rings. The van der Waals surface area contributed by atoms with Gasteiger partial charge in [0, 0.05) is 13.0 Å². The van der Waals surface area contributed by atoms with Gasteiger partial charge < -0.3 is 25.2 Å². The Morgan fingerprint density at radius 1 is 0.475 bits per heavy atom. The van der Waals surface area contributed by atoms with Crippen molar-refractivity contribution in [2.75, 3.05) is 26.4 Å². The molecule has 0 heterocycles. The highest BCUT2D eigenvalue weighted by molar-refractivity contribution is 7.47. The molecule has 0 aliphatic heterocycles. The lowest BCUT2D eigenvalue weighted by Gasteiger charge is -2.20. The minimum Gasteiger partial charge on any atom is -0.480 e. The van der Waals surface area contributed by atoms with Crippen molar-refractivity contribution in [3.63, 3.8) is 0 Å². The summed E-state index contributed by atoms with van der Waals surface area (Å²) in [7, 11) is -4.61. The summed E-state index contributed by atoms with van der Waals surface area (Å²) in [6.07, 6.45) is 47.3.